The van der Waals surface area contributed by atoms with E-state index >= 15 is 0 Å². The third-order valence-electron chi connectivity index (χ3n) is 8.33. The quantitative estimate of drug-likeness (QED) is 0.441. The summed E-state index contributed by atoms with van der Waals surface area (Å²) in [5.41, 5.74) is 7.17. The largest absolute Gasteiger partial charge is 0.481 e. The molecule has 6 nitrogen and oxygen atoms in total. The van der Waals surface area contributed by atoms with Crippen LogP contribution in [0.4, 0.5) is 0 Å². The summed E-state index contributed by atoms with van der Waals surface area (Å²) in [6, 6.07) is 16.5. The Bertz CT molecular complexity index is 1220. The first-order chi connectivity index (χ1) is 17.4. The van der Waals surface area contributed by atoms with E-state index in [2.05, 4.69) is 53.1 Å². The molecule has 0 bridgehead atoms. The molecule has 2 aliphatic carbocycles. The predicted molar refractivity (Wildman–Crippen MR) is 148 cm³/mol. The van der Waals surface area contributed by atoms with Gasteiger partial charge in [-0.2, -0.15) is 0 Å². The van der Waals surface area contributed by atoms with Gasteiger partial charge in [0, 0.05) is 16.9 Å². The fourth-order valence-corrected chi connectivity index (χ4v) is 6.69. The Morgan fingerprint density at radius 3 is 2.00 bits per heavy atom. The van der Waals surface area contributed by atoms with Gasteiger partial charge in [-0.1, -0.05) is 62.0 Å². The molecule has 2 fully saturated rings. The molecule has 6 rings (SSSR count). The molecule has 37 heavy (non-hydrogen) atoms. The molecule has 2 aromatic carbocycles. The van der Waals surface area contributed by atoms with Crippen LogP contribution in [0, 0.1) is 0 Å². The van der Waals surface area contributed by atoms with Gasteiger partial charge in [-0.05, 0) is 91.7 Å². The molecule has 2 aliphatic heterocycles. The first-order valence-electron chi connectivity index (χ1n) is 12.9. The Hall–Kier alpha value is -3.22. The van der Waals surface area contributed by atoms with Crippen molar-refractivity contribution in [2.75, 3.05) is 26.2 Å². The molecular weight excluding hydrogens is 464 g/mol. The predicted octanol–water partition coefficient (Wildman–Crippen LogP) is 5.00. The molecule has 4 N–H and O–H groups in total. The van der Waals surface area contributed by atoms with E-state index in [1.165, 1.54) is 17.2 Å². The Labute approximate surface area is 219 Å². The first-order valence-corrected chi connectivity index (χ1v) is 12.9. The van der Waals surface area contributed by atoms with Crippen molar-refractivity contribution in [3.8, 4) is 0 Å². The van der Waals surface area contributed by atoms with E-state index in [1.807, 2.05) is 12.1 Å². The van der Waals surface area contributed by atoms with Crippen molar-refractivity contribution in [1.82, 2.24) is 10.6 Å². The van der Waals surface area contributed by atoms with Gasteiger partial charge in [-0.15, -0.1) is 0 Å². The molecule has 0 unspecified atom stereocenters. The van der Waals surface area contributed by atoms with Crippen LogP contribution in [-0.2, 0) is 20.4 Å². The van der Waals surface area contributed by atoms with Gasteiger partial charge >= 0.3 is 11.9 Å². The number of benzene rings is 2. The first kappa shape index (κ1) is 26.8. The highest BCUT2D eigenvalue weighted by atomic mass is 16.4. The minimum Gasteiger partial charge on any atom is -0.481 e. The van der Waals surface area contributed by atoms with E-state index < -0.39 is 11.9 Å². The normalized spacial score (nSPS) is 21.3. The van der Waals surface area contributed by atoms with E-state index in [-0.39, 0.29) is 24.7 Å². The number of allylic oxidation sites excluding steroid dienone is 2. The molecule has 196 valence electrons. The molecule has 2 spiro atoms. The number of rotatable bonds is 3. The number of hydrogen-bond donors (Lipinski definition) is 4. The number of carboxylic acid groups (broad SMARTS) is 2. The van der Waals surface area contributed by atoms with Gasteiger partial charge in [0.25, 0.3) is 0 Å². The van der Waals surface area contributed by atoms with E-state index in [0.29, 0.717) is 0 Å². The maximum absolute atomic E-state index is 11.0. The van der Waals surface area contributed by atoms with Gasteiger partial charge < -0.3 is 20.8 Å². The Morgan fingerprint density at radius 2 is 1.38 bits per heavy atom. The van der Waals surface area contributed by atoms with E-state index in [0.717, 1.165) is 80.6 Å². The van der Waals surface area contributed by atoms with Gasteiger partial charge in [0.05, 0.1) is 6.42 Å². The van der Waals surface area contributed by atoms with Crippen molar-refractivity contribution in [2.24, 2.45) is 0 Å². The molecule has 2 saturated heterocycles. The number of carbonyl (C=O) groups is 2. The van der Waals surface area contributed by atoms with Crippen molar-refractivity contribution >= 4 is 23.1 Å². The molecule has 2 aromatic rings. The molecule has 6 heteroatoms. The van der Waals surface area contributed by atoms with Crippen molar-refractivity contribution < 1.29 is 19.8 Å². The summed E-state index contributed by atoms with van der Waals surface area (Å²) >= 11 is 0. The number of nitrogens with one attached hydrogen (secondary N) is 2. The van der Waals surface area contributed by atoms with Crippen molar-refractivity contribution in [3.05, 3.63) is 82.9 Å². The van der Waals surface area contributed by atoms with E-state index in [9.17, 15) is 9.59 Å². The fraction of sp³-hybridized carbons (Fsp3) is 0.419. The number of fused-ring (bicyclic) bond motifs is 4. The second-order valence-electron chi connectivity index (χ2n) is 10.5. The van der Waals surface area contributed by atoms with Gasteiger partial charge in [-0.3, -0.25) is 4.79 Å². The fourth-order valence-electron chi connectivity index (χ4n) is 6.69. The second-order valence-corrected chi connectivity index (χ2v) is 10.5. The van der Waals surface area contributed by atoms with Crippen LogP contribution < -0.4 is 10.6 Å². The maximum Gasteiger partial charge on any atom is 0.328 e. The second kappa shape index (κ2) is 11.0. The lowest BCUT2D eigenvalue weighted by molar-refractivity contribution is -0.136. The van der Waals surface area contributed by atoms with Crippen molar-refractivity contribution in [2.45, 2.75) is 56.8 Å². The highest BCUT2D eigenvalue weighted by Gasteiger charge is 2.42. The average Bonchev–Trinajstić information content (AvgIpc) is 3.32. The topological polar surface area (TPSA) is 98.7 Å². The molecule has 0 atom stereocenters. The van der Waals surface area contributed by atoms with Crippen LogP contribution in [0.15, 0.2) is 60.7 Å². The smallest absolute Gasteiger partial charge is 0.328 e. The summed E-state index contributed by atoms with van der Waals surface area (Å²) in [6.45, 7) is 4.06. The van der Waals surface area contributed by atoms with Gasteiger partial charge in [0.15, 0.2) is 0 Å². The molecule has 2 heterocycles. The van der Waals surface area contributed by atoms with Crippen LogP contribution in [0.5, 0.6) is 0 Å². The minimum atomic E-state index is -0.842. The lowest BCUT2D eigenvalue weighted by Crippen LogP contribution is -2.38. The summed E-state index contributed by atoms with van der Waals surface area (Å²) in [6.07, 6.45) is 8.93. The third kappa shape index (κ3) is 5.27. The van der Waals surface area contributed by atoms with E-state index in [1.54, 1.807) is 0 Å². The van der Waals surface area contributed by atoms with Crippen LogP contribution in [-0.4, -0.2) is 48.3 Å². The molecule has 4 aliphatic rings. The molecule has 0 aromatic heterocycles. The molecule has 0 amide bonds. The third-order valence-corrected chi connectivity index (χ3v) is 8.33. The number of piperidine rings is 2. The van der Waals surface area contributed by atoms with Crippen LogP contribution in [0.1, 0.15) is 68.2 Å². The standard InChI is InChI=1S/2C15H17NO2.CH4/c2*17-14(18)9-11-10-15(5-7-16-8-6-15)13-4-2-1-3-12(11)13;/h1-4,10,16H,5-9H2,(H,17,18);1-4,9,16H,5-8,10H2,(H,17,18);1H4. The lowest BCUT2D eigenvalue weighted by atomic mass is 9.74. The minimum absolute atomic E-state index is 0. The highest BCUT2D eigenvalue weighted by Crippen LogP contribution is 2.50. The van der Waals surface area contributed by atoms with Crippen LogP contribution in [0.25, 0.3) is 11.1 Å². The highest BCUT2D eigenvalue weighted by molar-refractivity contribution is 5.92. The number of hydrogen-bond acceptors (Lipinski definition) is 4. The Balaban J connectivity index is 0.000000168. The lowest BCUT2D eigenvalue weighted by Gasteiger charge is -2.34. The zero-order chi connectivity index (χ0) is 25.2. The molecule has 0 saturated carbocycles. The summed E-state index contributed by atoms with van der Waals surface area (Å²) < 4.78 is 0. The van der Waals surface area contributed by atoms with Gasteiger partial charge in [0.1, 0.15) is 0 Å². The maximum atomic E-state index is 11.0. The van der Waals surface area contributed by atoms with Crippen LogP contribution >= 0.6 is 0 Å². The summed E-state index contributed by atoms with van der Waals surface area (Å²) in [5.74, 6) is -1.59. The number of aliphatic carboxylic acids is 2. The average molecular weight is 503 g/mol. The van der Waals surface area contributed by atoms with Crippen molar-refractivity contribution in [3.63, 3.8) is 0 Å². The van der Waals surface area contributed by atoms with Gasteiger partial charge in [-0.25, -0.2) is 4.79 Å². The van der Waals surface area contributed by atoms with Crippen LogP contribution in [0.2, 0.25) is 0 Å². The monoisotopic (exact) mass is 502 g/mol. The zero-order valence-corrected chi connectivity index (χ0v) is 20.6. The molecule has 0 radical (unpaired) electrons. The van der Waals surface area contributed by atoms with Crippen LogP contribution in [0.3, 0.4) is 0 Å². The Kier molecular flexibility index (Phi) is 8.00. The molecular formula is C31H38N2O4. The van der Waals surface area contributed by atoms with E-state index in [4.69, 9.17) is 10.2 Å². The SMILES string of the molecule is C.O=C(O)C=C1CC2(CCNCC2)c2ccccc21.O=C(O)CC1=CC2(CCNCC2)c2ccccc21. The summed E-state index contributed by atoms with van der Waals surface area (Å²) in [7, 11) is 0. The zero-order valence-electron chi connectivity index (χ0n) is 20.6. The summed E-state index contributed by atoms with van der Waals surface area (Å²) in [5, 5.41) is 24.8. The summed E-state index contributed by atoms with van der Waals surface area (Å²) in [4.78, 5) is 21.9. The van der Waals surface area contributed by atoms with Gasteiger partial charge in [0.2, 0.25) is 0 Å². The number of carboxylic acids is 2. The Morgan fingerprint density at radius 1 is 0.811 bits per heavy atom. The van der Waals surface area contributed by atoms with Crippen molar-refractivity contribution in [1.29, 1.82) is 0 Å².